The first-order valence-electron chi connectivity index (χ1n) is 9.70. The van der Waals surface area contributed by atoms with Crippen LogP contribution in [0.1, 0.15) is 26.3 Å². The summed E-state index contributed by atoms with van der Waals surface area (Å²) in [6.07, 6.45) is 1.73. The number of fused-ring (bicyclic) bond motifs is 1. The molecule has 0 aliphatic rings. The Morgan fingerprint density at radius 1 is 0.871 bits per heavy atom. The summed E-state index contributed by atoms with van der Waals surface area (Å²) in [6.45, 7) is 0.363. The molecule has 6 nitrogen and oxygen atoms in total. The highest BCUT2D eigenvalue weighted by atomic mass is 16.5. The maximum atomic E-state index is 12.5. The SMILES string of the molecule is COC(=O)c1ccc(Oc2cccc(CNC(=O)c3ccc4ncccc4c3)c2)cc1. The summed E-state index contributed by atoms with van der Waals surface area (Å²) in [5.74, 6) is 0.676. The minimum Gasteiger partial charge on any atom is -0.465 e. The second kappa shape index (κ2) is 9.09. The van der Waals surface area contributed by atoms with Crippen LogP contribution in [0.4, 0.5) is 0 Å². The Hall–Kier alpha value is -4.19. The van der Waals surface area contributed by atoms with Crippen LogP contribution in [0.25, 0.3) is 10.9 Å². The largest absolute Gasteiger partial charge is 0.465 e. The molecule has 0 saturated carbocycles. The summed E-state index contributed by atoms with van der Waals surface area (Å²) in [5.41, 5.74) is 2.79. The second-order valence-electron chi connectivity index (χ2n) is 6.86. The molecule has 1 aromatic heterocycles. The van der Waals surface area contributed by atoms with Gasteiger partial charge >= 0.3 is 5.97 Å². The number of rotatable bonds is 6. The summed E-state index contributed by atoms with van der Waals surface area (Å²) in [6, 6.07) is 23.4. The van der Waals surface area contributed by atoms with Gasteiger partial charge in [-0.05, 0) is 66.2 Å². The van der Waals surface area contributed by atoms with Crippen LogP contribution in [0.5, 0.6) is 11.5 Å². The highest BCUT2D eigenvalue weighted by Crippen LogP contribution is 2.23. The Morgan fingerprint density at radius 3 is 2.48 bits per heavy atom. The zero-order chi connectivity index (χ0) is 21.6. The van der Waals surface area contributed by atoms with E-state index in [4.69, 9.17) is 9.47 Å². The first-order valence-corrected chi connectivity index (χ1v) is 9.70. The van der Waals surface area contributed by atoms with E-state index in [0.29, 0.717) is 29.2 Å². The predicted molar refractivity (Wildman–Crippen MR) is 117 cm³/mol. The van der Waals surface area contributed by atoms with E-state index >= 15 is 0 Å². The number of esters is 1. The van der Waals surface area contributed by atoms with Gasteiger partial charge in [-0.15, -0.1) is 0 Å². The summed E-state index contributed by atoms with van der Waals surface area (Å²) >= 11 is 0. The lowest BCUT2D eigenvalue weighted by atomic mass is 10.1. The van der Waals surface area contributed by atoms with E-state index in [1.54, 1.807) is 36.5 Å². The predicted octanol–water partition coefficient (Wildman–Crippen LogP) is 4.74. The average Bonchev–Trinajstić information content (AvgIpc) is 2.82. The minimum atomic E-state index is -0.396. The van der Waals surface area contributed by atoms with E-state index in [1.165, 1.54) is 7.11 Å². The molecule has 0 aliphatic carbocycles. The molecular weight excluding hydrogens is 392 g/mol. The van der Waals surface area contributed by atoms with Gasteiger partial charge in [0.05, 0.1) is 18.2 Å². The van der Waals surface area contributed by atoms with Crippen molar-refractivity contribution in [1.82, 2.24) is 10.3 Å². The van der Waals surface area contributed by atoms with Crippen LogP contribution in [-0.4, -0.2) is 24.0 Å². The third kappa shape index (κ3) is 4.87. The number of nitrogens with one attached hydrogen (secondary N) is 1. The van der Waals surface area contributed by atoms with Crippen LogP contribution < -0.4 is 10.1 Å². The Bertz CT molecular complexity index is 1240. The molecule has 0 radical (unpaired) electrons. The van der Waals surface area contributed by atoms with Gasteiger partial charge in [-0.25, -0.2) is 4.79 Å². The number of carbonyl (C=O) groups is 2. The summed E-state index contributed by atoms with van der Waals surface area (Å²) in [4.78, 5) is 28.3. The molecule has 0 bridgehead atoms. The normalized spacial score (nSPS) is 10.5. The molecule has 1 N–H and O–H groups in total. The van der Waals surface area contributed by atoms with Gasteiger partial charge in [0.1, 0.15) is 11.5 Å². The number of hydrogen-bond donors (Lipinski definition) is 1. The van der Waals surface area contributed by atoms with E-state index in [-0.39, 0.29) is 5.91 Å². The molecule has 3 aromatic carbocycles. The van der Waals surface area contributed by atoms with Gasteiger partial charge in [-0.3, -0.25) is 9.78 Å². The minimum absolute atomic E-state index is 0.157. The van der Waals surface area contributed by atoms with Crippen molar-refractivity contribution in [3.05, 3.63) is 102 Å². The molecule has 0 spiro atoms. The zero-order valence-electron chi connectivity index (χ0n) is 16.9. The Balaban J connectivity index is 1.40. The van der Waals surface area contributed by atoms with E-state index in [0.717, 1.165) is 16.5 Å². The number of pyridine rings is 1. The third-order valence-electron chi connectivity index (χ3n) is 4.73. The monoisotopic (exact) mass is 412 g/mol. The van der Waals surface area contributed by atoms with Crippen molar-refractivity contribution >= 4 is 22.8 Å². The van der Waals surface area contributed by atoms with Gasteiger partial charge in [0.25, 0.3) is 5.91 Å². The first kappa shape index (κ1) is 20.1. The lowest BCUT2D eigenvalue weighted by Gasteiger charge is -2.10. The van der Waals surface area contributed by atoms with Crippen LogP contribution >= 0.6 is 0 Å². The number of benzene rings is 3. The maximum Gasteiger partial charge on any atom is 0.337 e. The van der Waals surface area contributed by atoms with Crippen molar-refractivity contribution in [3.63, 3.8) is 0 Å². The molecule has 0 atom stereocenters. The second-order valence-corrected chi connectivity index (χ2v) is 6.86. The van der Waals surface area contributed by atoms with Crippen LogP contribution in [0, 0.1) is 0 Å². The zero-order valence-corrected chi connectivity index (χ0v) is 16.9. The number of aromatic nitrogens is 1. The van der Waals surface area contributed by atoms with Crippen molar-refractivity contribution in [2.24, 2.45) is 0 Å². The smallest absolute Gasteiger partial charge is 0.337 e. The number of amides is 1. The van der Waals surface area contributed by atoms with Crippen molar-refractivity contribution in [2.45, 2.75) is 6.54 Å². The maximum absolute atomic E-state index is 12.5. The van der Waals surface area contributed by atoms with E-state index in [2.05, 4.69) is 10.3 Å². The lowest BCUT2D eigenvalue weighted by molar-refractivity contribution is 0.0600. The highest BCUT2D eigenvalue weighted by Gasteiger charge is 2.08. The summed E-state index contributed by atoms with van der Waals surface area (Å²) < 4.78 is 10.5. The molecule has 31 heavy (non-hydrogen) atoms. The lowest BCUT2D eigenvalue weighted by Crippen LogP contribution is -2.22. The van der Waals surface area contributed by atoms with Crippen LogP contribution in [0.2, 0.25) is 0 Å². The van der Waals surface area contributed by atoms with Crippen LogP contribution in [0.3, 0.4) is 0 Å². The number of ether oxygens (including phenoxy) is 2. The van der Waals surface area contributed by atoms with E-state index in [1.807, 2.05) is 48.5 Å². The molecule has 0 fully saturated rings. The molecule has 1 heterocycles. The van der Waals surface area contributed by atoms with Gasteiger partial charge in [0.15, 0.2) is 0 Å². The van der Waals surface area contributed by atoms with Gasteiger partial charge in [-0.1, -0.05) is 18.2 Å². The summed E-state index contributed by atoms with van der Waals surface area (Å²) in [5, 5.41) is 3.85. The van der Waals surface area contributed by atoms with Gasteiger partial charge < -0.3 is 14.8 Å². The quantitative estimate of drug-likeness (QED) is 0.463. The Kier molecular flexibility index (Phi) is 5.89. The highest BCUT2D eigenvalue weighted by molar-refractivity contribution is 5.97. The number of methoxy groups -OCH3 is 1. The molecule has 154 valence electrons. The molecular formula is C25H20N2O4. The van der Waals surface area contributed by atoms with Crippen molar-refractivity contribution < 1.29 is 19.1 Å². The van der Waals surface area contributed by atoms with Gasteiger partial charge in [0.2, 0.25) is 0 Å². The fraction of sp³-hybridized carbons (Fsp3) is 0.0800. The Labute approximate surface area is 179 Å². The fourth-order valence-corrected chi connectivity index (χ4v) is 3.13. The molecule has 0 aliphatic heterocycles. The number of nitrogens with zero attached hydrogens (tertiary/aromatic N) is 1. The van der Waals surface area contributed by atoms with E-state index in [9.17, 15) is 9.59 Å². The van der Waals surface area contributed by atoms with Crippen LogP contribution in [-0.2, 0) is 11.3 Å². The molecule has 0 unspecified atom stereocenters. The van der Waals surface area contributed by atoms with E-state index < -0.39 is 5.97 Å². The van der Waals surface area contributed by atoms with Crippen molar-refractivity contribution in [1.29, 1.82) is 0 Å². The Morgan fingerprint density at radius 2 is 1.68 bits per heavy atom. The molecule has 4 aromatic rings. The average molecular weight is 412 g/mol. The van der Waals surface area contributed by atoms with Gasteiger partial charge in [0, 0.05) is 23.7 Å². The number of hydrogen-bond acceptors (Lipinski definition) is 5. The number of carbonyl (C=O) groups excluding carboxylic acids is 2. The fourth-order valence-electron chi connectivity index (χ4n) is 3.13. The third-order valence-corrected chi connectivity index (χ3v) is 4.73. The molecule has 0 saturated heterocycles. The first-order chi connectivity index (χ1) is 15.1. The topological polar surface area (TPSA) is 77.5 Å². The standard InChI is InChI=1S/C25H20N2O4/c1-30-25(29)18-7-10-21(11-8-18)31-22-6-2-4-17(14-22)16-27-24(28)20-9-12-23-19(15-20)5-3-13-26-23/h2-15H,16H2,1H3,(H,27,28). The molecule has 6 heteroatoms. The van der Waals surface area contributed by atoms with Crippen LogP contribution in [0.15, 0.2) is 85.1 Å². The molecule has 1 amide bonds. The van der Waals surface area contributed by atoms with Crippen molar-refractivity contribution in [3.8, 4) is 11.5 Å². The van der Waals surface area contributed by atoms with Gasteiger partial charge in [-0.2, -0.15) is 0 Å². The van der Waals surface area contributed by atoms with Crippen molar-refractivity contribution in [2.75, 3.05) is 7.11 Å². The molecule has 4 rings (SSSR count). The summed E-state index contributed by atoms with van der Waals surface area (Å²) in [7, 11) is 1.34.